The topological polar surface area (TPSA) is 19.4 Å². The van der Waals surface area contributed by atoms with Gasteiger partial charge in [0, 0.05) is 24.3 Å². The molecule has 3 atom stereocenters. The fourth-order valence-electron chi connectivity index (χ4n) is 4.50. The van der Waals surface area contributed by atoms with E-state index in [0.29, 0.717) is 18.1 Å². The van der Waals surface area contributed by atoms with Gasteiger partial charge in [-0.15, -0.1) is 0 Å². The van der Waals surface area contributed by atoms with E-state index in [0.717, 1.165) is 18.7 Å². The maximum Gasteiger partial charge on any atom is 0.158 e. The van der Waals surface area contributed by atoms with Crippen LogP contribution in [0.5, 0.6) is 0 Å². The first-order valence-corrected chi connectivity index (χ1v) is 8.60. The summed E-state index contributed by atoms with van der Waals surface area (Å²) in [5.41, 5.74) is 4.08. The van der Waals surface area contributed by atoms with Crippen LogP contribution in [0.15, 0.2) is 54.7 Å². The smallest absolute Gasteiger partial charge is 0.158 e. The van der Waals surface area contributed by atoms with Crippen LogP contribution in [-0.2, 0) is 6.42 Å². The maximum absolute atomic E-state index is 4.74. The zero-order valence-electron chi connectivity index (χ0n) is 13.4. The van der Waals surface area contributed by atoms with Gasteiger partial charge in [0.15, 0.2) is 5.82 Å². The molecule has 0 amide bonds. The molecular weight excluding hydrogens is 282 g/mol. The Kier molecular flexibility index (Phi) is 2.78. The van der Waals surface area contributed by atoms with E-state index >= 15 is 0 Å². The minimum absolute atomic E-state index is 0.385. The largest absolute Gasteiger partial charge is 0.344 e. The van der Waals surface area contributed by atoms with Crippen molar-refractivity contribution < 1.29 is 0 Å². The number of anilines is 3. The summed E-state index contributed by atoms with van der Waals surface area (Å²) in [6, 6.07) is 13.7. The molecule has 0 fully saturated rings. The predicted octanol–water partition coefficient (Wildman–Crippen LogP) is 4.28. The second-order valence-corrected chi connectivity index (χ2v) is 6.92. The number of aromatic nitrogens is 1. The molecule has 1 aromatic carbocycles. The molecule has 5 rings (SSSR count). The van der Waals surface area contributed by atoms with E-state index in [9.17, 15) is 0 Å². The third-order valence-electron chi connectivity index (χ3n) is 5.61. The molecule has 116 valence electrons. The van der Waals surface area contributed by atoms with Crippen LogP contribution >= 0.6 is 0 Å². The Labute approximate surface area is 137 Å². The van der Waals surface area contributed by atoms with Gasteiger partial charge < -0.3 is 9.80 Å². The number of rotatable bonds is 1. The summed E-state index contributed by atoms with van der Waals surface area (Å²) >= 11 is 0. The molecule has 0 saturated carbocycles. The van der Waals surface area contributed by atoms with Gasteiger partial charge in [0.25, 0.3) is 0 Å². The lowest BCUT2D eigenvalue weighted by molar-refractivity contribution is 0.394. The minimum Gasteiger partial charge on any atom is -0.344 e. The van der Waals surface area contributed by atoms with E-state index in [4.69, 9.17) is 4.98 Å². The summed E-state index contributed by atoms with van der Waals surface area (Å²) in [6.07, 6.45) is 10.4. The molecule has 1 aromatic heterocycles. The highest BCUT2D eigenvalue weighted by Crippen LogP contribution is 2.50. The van der Waals surface area contributed by atoms with Crippen LogP contribution in [-0.4, -0.2) is 17.2 Å². The molecule has 3 heterocycles. The van der Waals surface area contributed by atoms with Crippen LogP contribution in [0.25, 0.3) is 0 Å². The van der Waals surface area contributed by atoms with Gasteiger partial charge in [0.1, 0.15) is 6.17 Å². The average molecular weight is 303 g/mol. The first-order valence-electron chi connectivity index (χ1n) is 8.60. The van der Waals surface area contributed by atoms with Crippen molar-refractivity contribution in [2.75, 3.05) is 9.80 Å². The zero-order chi connectivity index (χ0) is 15.4. The number of pyridine rings is 1. The summed E-state index contributed by atoms with van der Waals surface area (Å²) in [4.78, 5) is 9.84. The van der Waals surface area contributed by atoms with Crippen LogP contribution in [0.2, 0.25) is 0 Å². The SMILES string of the molecule is CC1CC=CCC1N1c2cccnc2N2c3ccccc3CC21. The third-order valence-corrected chi connectivity index (χ3v) is 5.61. The summed E-state index contributed by atoms with van der Waals surface area (Å²) in [5, 5.41) is 0. The van der Waals surface area contributed by atoms with Crippen LogP contribution in [0.3, 0.4) is 0 Å². The standard InChI is InChI=1S/C20H21N3/c1-14-7-2-4-9-16(14)22-18-11-6-12-21-20(18)23-17-10-5-3-8-15(17)13-19(22)23/h2-6,8,10-12,14,16,19H,7,9,13H2,1H3. The fourth-order valence-corrected chi connectivity index (χ4v) is 4.50. The molecule has 2 aliphatic heterocycles. The third kappa shape index (κ3) is 1.79. The Hall–Kier alpha value is -2.29. The number of para-hydroxylation sites is 1. The van der Waals surface area contributed by atoms with E-state index in [1.54, 1.807) is 0 Å². The zero-order valence-corrected chi connectivity index (χ0v) is 13.4. The van der Waals surface area contributed by atoms with Gasteiger partial charge in [-0.1, -0.05) is 37.3 Å². The van der Waals surface area contributed by atoms with Gasteiger partial charge in [-0.05, 0) is 42.5 Å². The summed E-state index contributed by atoms with van der Waals surface area (Å²) in [5.74, 6) is 1.81. The molecule has 0 bridgehead atoms. The molecule has 0 radical (unpaired) electrons. The molecule has 3 unspecified atom stereocenters. The molecule has 3 nitrogen and oxygen atoms in total. The van der Waals surface area contributed by atoms with Gasteiger partial charge in [0.2, 0.25) is 0 Å². The van der Waals surface area contributed by atoms with Crippen LogP contribution in [0, 0.1) is 5.92 Å². The number of allylic oxidation sites excluding steroid dienone is 1. The minimum atomic E-state index is 0.385. The van der Waals surface area contributed by atoms with Crippen molar-refractivity contribution in [2.45, 2.75) is 38.4 Å². The van der Waals surface area contributed by atoms with Gasteiger partial charge in [-0.2, -0.15) is 0 Å². The monoisotopic (exact) mass is 303 g/mol. The van der Waals surface area contributed by atoms with E-state index < -0.39 is 0 Å². The summed E-state index contributed by atoms with van der Waals surface area (Å²) in [6.45, 7) is 2.38. The lowest BCUT2D eigenvalue weighted by Crippen LogP contribution is -2.48. The Morgan fingerprint density at radius 2 is 1.83 bits per heavy atom. The van der Waals surface area contributed by atoms with Gasteiger partial charge in [-0.25, -0.2) is 4.98 Å². The van der Waals surface area contributed by atoms with Crippen molar-refractivity contribution in [3.05, 3.63) is 60.3 Å². The lowest BCUT2D eigenvalue weighted by Gasteiger charge is -2.39. The molecule has 2 aromatic rings. The molecule has 0 saturated heterocycles. The van der Waals surface area contributed by atoms with E-state index in [-0.39, 0.29) is 0 Å². The highest BCUT2D eigenvalue weighted by Gasteiger charge is 2.46. The molecule has 0 N–H and O–H groups in total. The van der Waals surface area contributed by atoms with Gasteiger partial charge >= 0.3 is 0 Å². The first kappa shape index (κ1) is 13.2. The Balaban J connectivity index is 1.65. The highest BCUT2D eigenvalue weighted by molar-refractivity contribution is 5.84. The fraction of sp³-hybridized carbons (Fsp3) is 0.350. The molecule has 3 aliphatic rings. The molecule has 1 aliphatic carbocycles. The average Bonchev–Trinajstić information content (AvgIpc) is 3.10. The van der Waals surface area contributed by atoms with Crippen molar-refractivity contribution in [3.8, 4) is 0 Å². The Morgan fingerprint density at radius 3 is 2.74 bits per heavy atom. The van der Waals surface area contributed by atoms with Crippen molar-refractivity contribution in [2.24, 2.45) is 5.92 Å². The normalized spacial score (nSPS) is 27.8. The Bertz CT molecular complexity index is 782. The number of hydrogen-bond donors (Lipinski definition) is 0. The van der Waals surface area contributed by atoms with E-state index in [1.165, 1.54) is 23.4 Å². The molecule has 0 spiro atoms. The summed E-state index contributed by atoms with van der Waals surface area (Å²) < 4.78 is 0. The van der Waals surface area contributed by atoms with E-state index in [2.05, 4.69) is 65.3 Å². The summed E-state index contributed by atoms with van der Waals surface area (Å²) in [7, 11) is 0. The van der Waals surface area contributed by atoms with E-state index in [1.807, 2.05) is 6.20 Å². The lowest BCUT2D eigenvalue weighted by atomic mass is 9.89. The van der Waals surface area contributed by atoms with Crippen molar-refractivity contribution in [1.82, 2.24) is 4.98 Å². The number of fused-ring (bicyclic) bond motifs is 5. The second kappa shape index (κ2) is 4.85. The molecular formula is C20H21N3. The van der Waals surface area contributed by atoms with Crippen LogP contribution < -0.4 is 9.80 Å². The second-order valence-electron chi connectivity index (χ2n) is 6.92. The Morgan fingerprint density at radius 1 is 1.00 bits per heavy atom. The van der Waals surface area contributed by atoms with Crippen molar-refractivity contribution in [1.29, 1.82) is 0 Å². The number of benzene rings is 1. The highest BCUT2D eigenvalue weighted by atomic mass is 15.5. The van der Waals surface area contributed by atoms with Gasteiger partial charge in [-0.3, -0.25) is 0 Å². The first-order chi connectivity index (χ1) is 11.3. The number of nitrogens with zero attached hydrogens (tertiary/aromatic N) is 3. The predicted molar refractivity (Wildman–Crippen MR) is 94.1 cm³/mol. The maximum atomic E-state index is 4.74. The quantitative estimate of drug-likeness (QED) is 0.733. The number of hydrogen-bond acceptors (Lipinski definition) is 3. The molecule has 23 heavy (non-hydrogen) atoms. The van der Waals surface area contributed by atoms with Crippen molar-refractivity contribution >= 4 is 17.2 Å². The van der Waals surface area contributed by atoms with Crippen LogP contribution in [0.1, 0.15) is 25.3 Å². The van der Waals surface area contributed by atoms with Crippen LogP contribution in [0.4, 0.5) is 17.2 Å². The van der Waals surface area contributed by atoms with Crippen molar-refractivity contribution in [3.63, 3.8) is 0 Å². The van der Waals surface area contributed by atoms with Gasteiger partial charge in [0.05, 0.1) is 5.69 Å². The molecule has 3 heteroatoms.